The fourth-order valence-corrected chi connectivity index (χ4v) is 3.88. The molecule has 3 aromatic rings. The Hall–Kier alpha value is -3.36. The summed E-state index contributed by atoms with van der Waals surface area (Å²) in [6.45, 7) is 3.66. The largest absolute Gasteiger partial charge is 0.496 e. The number of amides is 1. The van der Waals surface area contributed by atoms with Gasteiger partial charge in [0.1, 0.15) is 24.7 Å². The molecule has 0 atom stereocenters. The molecule has 0 saturated carbocycles. The number of aromatic nitrogens is 2. The number of ether oxygens (including phenoxy) is 3. The van der Waals surface area contributed by atoms with Crippen molar-refractivity contribution < 1.29 is 19.0 Å². The summed E-state index contributed by atoms with van der Waals surface area (Å²) in [5.41, 5.74) is 4.10. The highest BCUT2D eigenvalue weighted by atomic mass is 16.5. The maximum absolute atomic E-state index is 11.9. The van der Waals surface area contributed by atoms with Crippen molar-refractivity contribution in [2.24, 2.45) is 0 Å². The van der Waals surface area contributed by atoms with Crippen molar-refractivity contribution in [3.8, 4) is 11.5 Å². The van der Waals surface area contributed by atoms with Crippen molar-refractivity contribution in [2.75, 3.05) is 39.3 Å². The smallest absolute Gasteiger partial charge is 0.250 e. The Labute approximate surface area is 187 Å². The molecule has 0 radical (unpaired) electrons. The van der Waals surface area contributed by atoms with Crippen LogP contribution in [0.4, 0.5) is 5.69 Å². The molecule has 8 nitrogen and oxygen atoms in total. The Balaban J connectivity index is 1.49. The Morgan fingerprint density at radius 2 is 2.09 bits per heavy atom. The topological polar surface area (TPSA) is 77.9 Å². The van der Waals surface area contributed by atoms with E-state index in [4.69, 9.17) is 14.2 Å². The molecular formula is C24H28N4O4. The molecule has 168 valence electrons. The van der Waals surface area contributed by atoms with Gasteiger partial charge >= 0.3 is 0 Å². The first kappa shape index (κ1) is 21.9. The summed E-state index contributed by atoms with van der Waals surface area (Å²) in [7, 11) is 3.20. The van der Waals surface area contributed by atoms with E-state index in [1.165, 1.54) is 12.7 Å². The maximum atomic E-state index is 11.9. The van der Waals surface area contributed by atoms with Crippen LogP contribution in [-0.2, 0) is 29.2 Å². The molecule has 0 aliphatic carbocycles. The highest BCUT2D eigenvalue weighted by molar-refractivity contribution is 5.91. The van der Waals surface area contributed by atoms with Gasteiger partial charge < -0.3 is 24.1 Å². The van der Waals surface area contributed by atoms with E-state index in [-0.39, 0.29) is 12.5 Å². The molecule has 0 fully saturated rings. The Kier molecular flexibility index (Phi) is 7.03. The van der Waals surface area contributed by atoms with Gasteiger partial charge in [-0.15, -0.1) is 0 Å². The first-order valence-electron chi connectivity index (χ1n) is 10.5. The van der Waals surface area contributed by atoms with Gasteiger partial charge in [-0.2, -0.15) is 0 Å². The van der Waals surface area contributed by atoms with E-state index < -0.39 is 0 Å². The van der Waals surface area contributed by atoms with Crippen molar-refractivity contribution >= 4 is 11.6 Å². The Morgan fingerprint density at radius 1 is 1.19 bits per heavy atom. The van der Waals surface area contributed by atoms with Gasteiger partial charge in [0.2, 0.25) is 5.91 Å². The fourth-order valence-electron chi connectivity index (χ4n) is 3.88. The van der Waals surface area contributed by atoms with E-state index in [1.54, 1.807) is 19.6 Å². The minimum atomic E-state index is -0.178. The molecule has 1 aromatic heterocycles. The SMILES string of the molecule is COCC(=O)Nc1ccc2c(c1)CN(Cc1ccc(OC)c(Cn3ccnc3)c1)CCO2. The van der Waals surface area contributed by atoms with Crippen molar-refractivity contribution in [2.45, 2.75) is 19.6 Å². The van der Waals surface area contributed by atoms with Crippen molar-refractivity contribution in [3.05, 3.63) is 71.8 Å². The normalized spacial score (nSPS) is 13.7. The highest BCUT2D eigenvalue weighted by Crippen LogP contribution is 2.28. The van der Waals surface area contributed by atoms with Gasteiger partial charge in [-0.3, -0.25) is 9.69 Å². The molecule has 2 aromatic carbocycles. The number of anilines is 1. The molecule has 1 aliphatic rings. The number of hydrogen-bond donors (Lipinski definition) is 1. The lowest BCUT2D eigenvalue weighted by atomic mass is 10.1. The number of methoxy groups -OCH3 is 2. The Bertz CT molecular complexity index is 1050. The third kappa shape index (κ3) is 5.46. The van der Waals surface area contributed by atoms with Crippen molar-refractivity contribution in [1.29, 1.82) is 0 Å². The number of hydrogen-bond acceptors (Lipinski definition) is 6. The van der Waals surface area contributed by atoms with Crippen LogP contribution in [0.1, 0.15) is 16.7 Å². The molecule has 1 aliphatic heterocycles. The lowest BCUT2D eigenvalue weighted by Gasteiger charge is -2.21. The van der Waals surface area contributed by atoms with Crippen LogP contribution in [0.25, 0.3) is 0 Å². The lowest BCUT2D eigenvalue weighted by Crippen LogP contribution is -2.25. The van der Waals surface area contributed by atoms with E-state index in [0.29, 0.717) is 13.2 Å². The molecule has 0 spiro atoms. The number of carbonyl (C=O) groups excluding carboxylic acids is 1. The minimum Gasteiger partial charge on any atom is -0.496 e. The number of imidazole rings is 1. The van der Waals surface area contributed by atoms with Gasteiger partial charge in [0, 0.05) is 56.0 Å². The number of nitrogens with zero attached hydrogens (tertiary/aromatic N) is 3. The summed E-state index contributed by atoms with van der Waals surface area (Å²) in [6.07, 6.45) is 5.52. The summed E-state index contributed by atoms with van der Waals surface area (Å²) in [6, 6.07) is 12.1. The van der Waals surface area contributed by atoms with Gasteiger partial charge in [0.25, 0.3) is 0 Å². The summed E-state index contributed by atoms with van der Waals surface area (Å²) < 4.78 is 18.4. The third-order valence-electron chi connectivity index (χ3n) is 5.34. The second-order valence-corrected chi connectivity index (χ2v) is 7.74. The monoisotopic (exact) mass is 436 g/mol. The van der Waals surface area contributed by atoms with Crippen LogP contribution in [0.5, 0.6) is 11.5 Å². The third-order valence-corrected chi connectivity index (χ3v) is 5.34. The zero-order chi connectivity index (χ0) is 22.3. The number of rotatable bonds is 8. The van der Waals surface area contributed by atoms with E-state index in [2.05, 4.69) is 27.3 Å². The average molecular weight is 437 g/mol. The zero-order valence-electron chi connectivity index (χ0n) is 18.4. The van der Waals surface area contributed by atoms with Crippen LogP contribution in [-0.4, -0.2) is 54.3 Å². The second kappa shape index (κ2) is 10.3. The van der Waals surface area contributed by atoms with Gasteiger partial charge in [-0.1, -0.05) is 6.07 Å². The van der Waals surface area contributed by atoms with Gasteiger partial charge in [0.15, 0.2) is 0 Å². The summed E-state index contributed by atoms with van der Waals surface area (Å²) in [5.74, 6) is 1.54. The van der Waals surface area contributed by atoms with Gasteiger partial charge in [-0.25, -0.2) is 4.98 Å². The maximum Gasteiger partial charge on any atom is 0.250 e. The van der Waals surface area contributed by atoms with E-state index in [9.17, 15) is 4.79 Å². The summed E-state index contributed by atoms with van der Waals surface area (Å²) >= 11 is 0. The number of carbonyl (C=O) groups is 1. The predicted octanol–water partition coefficient (Wildman–Crippen LogP) is 2.92. The van der Waals surface area contributed by atoms with Gasteiger partial charge in [0.05, 0.1) is 20.0 Å². The molecule has 2 heterocycles. The molecule has 0 saturated heterocycles. The minimum absolute atomic E-state index is 0.0264. The molecule has 0 unspecified atom stereocenters. The second-order valence-electron chi connectivity index (χ2n) is 7.74. The number of nitrogens with one attached hydrogen (secondary N) is 1. The van der Waals surface area contributed by atoms with E-state index >= 15 is 0 Å². The number of fused-ring (bicyclic) bond motifs is 1. The highest BCUT2D eigenvalue weighted by Gasteiger charge is 2.17. The van der Waals surface area contributed by atoms with Crippen LogP contribution < -0.4 is 14.8 Å². The van der Waals surface area contributed by atoms with E-state index in [1.807, 2.05) is 35.0 Å². The van der Waals surface area contributed by atoms with E-state index in [0.717, 1.165) is 47.9 Å². The quantitative estimate of drug-likeness (QED) is 0.585. The first-order valence-corrected chi connectivity index (χ1v) is 10.5. The molecule has 0 bridgehead atoms. The molecular weight excluding hydrogens is 408 g/mol. The molecule has 1 N–H and O–H groups in total. The fraction of sp³-hybridized carbons (Fsp3) is 0.333. The zero-order valence-corrected chi connectivity index (χ0v) is 18.4. The molecule has 32 heavy (non-hydrogen) atoms. The predicted molar refractivity (Wildman–Crippen MR) is 121 cm³/mol. The molecule has 4 rings (SSSR count). The van der Waals surface area contributed by atoms with Crippen LogP contribution in [0.15, 0.2) is 55.1 Å². The molecule has 8 heteroatoms. The first-order chi connectivity index (χ1) is 15.6. The summed E-state index contributed by atoms with van der Waals surface area (Å²) in [5, 5.41) is 2.86. The average Bonchev–Trinajstić information content (AvgIpc) is 3.20. The summed E-state index contributed by atoms with van der Waals surface area (Å²) in [4.78, 5) is 18.3. The van der Waals surface area contributed by atoms with Crippen LogP contribution in [0.3, 0.4) is 0 Å². The molecule has 1 amide bonds. The van der Waals surface area contributed by atoms with Crippen LogP contribution >= 0.6 is 0 Å². The van der Waals surface area contributed by atoms with Crippen LogP contribution in [0, 0.1) is 0 Å². The Morgan fingerprint density at radius 3 is 2.88 bits per heavy atom. The van der Waals surface area contributed by atoms with Crippen molar-refractivity contribution in [3.63, 3.8) is 0 Å². The standard InChI is InChI=1S/C24H28N4O4/c1-30-16-24(29)26-21-4-6-23-20(12-21)14-27(9-10-32-23)13-18-3-5-22(31-2)19(11-18)15-28-8-7-25-17-28/h3-8,11-12,17H,9-10,13-16H2,1-2H3,(H,26,29). The lowest BCUT2D eigenvalue weighted by molar-refractivity contribution is -0.119. The van der Waals surface area contributed by atoms with Crippen molar-refractivity contribution in [1.82, 2.24) is 14.5 Å². The van der Waals surface area contributed by atoms with Gasteiger partial charge in [-0.05, 0) is 35.9 Å². The number of benzene rings is 2. The van der Waals surface area contributed by atoms with Crippen LogP contribution in [0.2, 0.25) is 0 Å².